The molecule has 0 saturated heterocycles. The lowest BCUT2D eigenvalue weighted by molar-refractivity contribution is -0.235. The first-order chi connectivity index (χ1) is 14.3. The lowest BCUT2D eigenvalue weighted by Crippen LogP contribution is -2.67. The zero-order valence-corrected chi connectivity index (χ0v) is 16.2. The molecule has 1 heterocycles. The molecule has 6 nitrogen and oxygen atoms in total. The first kappa shape index (κ1) is 21.7. The lowest BCUT2D eigenvalue weighted by atomic mass is 9.89. The van der Waals surface area contributed by atoms with E-state index in [-0.39, 0.29) is 25.9 Å². The van der Waals surface area contributed by atoms with Crippen molar-refractivity contribution in [3.8, 4) is 11.8 Å². The van der Waals surface area contributed by atoms with Gasteiger partial charge in [-0.15, -0.1) is 0 Å². The van der Waals surface area contributed by atoms with Gasteiger partial charge in [0.15, 0.2) is 17.5 Å². The van der Waals surface area contributed by atoms with Gasteiger partial charge in [-0.05, 0) is 23.8 Å². The first-order valence-electron chi connectivity index (χ1n) is 9.14. The molecule has 0 N–H and O–H groups in total. The van der Waals surface area contributed by atoms with Crippen LogP contribution < -0.4 is 4.74 Å². The average Bonchev–Trinajstić information content (AvgIpc) is 2.74. The molecule has 0 saturated carbocycles. The molecule has 0 spiro atoms. The second-order valence-electron chi connectivity index (χ2n) is 7.06. The number of allylic oxidation sites excluding steroid dienone is 2. The number of carbonyl (C=O) groups is 1. The Morgan fingerprint density at radius 2 is 2.07 bits per heavy atom. The van der Waals surface area contributed by atoms with Crippen molar-refractivity contribution < 1.29 is 27.4 Å². The number of hydrogen-bond acceptors (Lipinski definition) is 6. The number of aldehydes is 1. The summed E-state index contributed by atoms with van der Waals surface area (Å²) in [6, 6.07) is 6.13. The summed E-state index contributed by atoms with van der Waals surface area (Å²) in [5.74, 6) is 0.571. The van der Waals surface area contributed by atoms with E-state index in [1.54, 1.807) is 36.4 Å². The summed E-state index contributed by atoms with van der Waals surface area (Å²) in [4.78, 5) is 17.0. The third kappa shape index (κ3) is 4.30. The Bertz CT molecular complexity index is 905. The predicted molar refractivity (Wildman–Crippen MR) is 103 cm³/mol. The van der Waals surface area contributed by atoms with Crippen LogP contribution in [0.4, 0.5) is 13.2 Å². The second-order valence-corrected chi connectivity index (χ2v) is 7.06. The molecule has 1 aliphatic heterocycles. The highest BCUT2D eigenvalue weighted by Crippen LogP contribution is 2.39. The number of aliphatic imine (C=N–C) groups is 1. The fourth-order valence-electron chi connectivity index (χ4n) is 3.59. The fraction of sp³-hybridized carbons (Fsp3) is 0.381. The molecule has 0 radical (unpaired) electrons. The molecule has 0 fully saturated rings. The molecule has 0 aromatic heterocycles. The molecule has 1 aliphatic carbocycles. The maximum atomic E-state index is 14.2. The minimum Gasteiger partial charge on any atom is -0.497 e. The SMILES string of the molecule is COc1ccc(CN2CN=CC(C=O)(OC3(C#N)C=CC=CC3)C2C(F)(F)F)cc1. The Balaban J connectivity index is 1.97. The highest BCUT2D eigenvalue weighted by atomic mass is 19.4. The number of ether oxygens (including phenoxy) is 2. The fourth-order valence-corrected chi connectivity index (χ4v) is 3.59. The third-order valence-corrected chi connectivity index (χ3v) is 4.97. The maximum absolute atomic E-state index is 14.2. The van der Waals surface area contributed by atoms with Crippen LogP contribution in [0, 0.1) is 11.3 Å². The van der Waals surface area contributed by atoms with E-state index in [0.29, 0.717) is 11.3 Å². The molecule has 158 valence electrons. The van der Waals surface area contributed by atoms with Gasteiger partial charge in [0.2, 0.25) is 0 Å². The van der Waals surface area contributed by atoms with E-state index in [9.17, 15) is 23.2 Å². The quantitative estimate of drug-likeness (QED) is 0.662. The van der Waals surface area contributed by atoms with Crippen molar-refractivity contribution in [1.29, 1.82) is 5.26 Å². The summed E-state index contributed by atoms with van der Waals surface area (Å²) in [5, 5.41) is 9.59. The summed E-state index contributed by atoms with van der Waals surface area (Å²) in [5.41, 5.74) is -3.58. The van der Waals surface area contributed by atoms with Crippen LogP contribution in [0.1, 0.15) is 12.0 Å². The van der Waals surface area contributed by atoms with Crippen LogP contribution in [0.2, 0.25) is 0 Å². The topological polar surface area (TPSA) is 74.9 Å². The molecule has 9 heteroatoms. The Morgan fingerprint density at radius 3 is 2.60 bits per heavy atom. The van der Waals surface area contributed by atoms with Crippen molar-refractivity contribution in [3.05, 3.63) is 54.1 Å². The van der Waals surface area contributed by atoms with Gasteiger partial charge in [-0.3, -0.25) is 14.7 Å². The number of nitriles is 1. The minimum absolute atomic E-state index is 0.0203. The Labute approximate surface area is 171 Å². The van der Waals surface area contributed by atoms with Crippen molar-refractivity contribution >= 4 is 12.5 Å². The zero-order valence-electron chi connectivity index (χ0n) is 16.2. The zero-order chi connectivity index (χ0) is 21.8. The molecule has 3 rings (SSSR count). The third-order valence-electron chi connectivity index (χ3n) is 4.97. The number of carbonyl (C=O) groups excluding carboxylic acids is 1. The molecule has 1 aromatic carbocycles. The Kier molecular flexibility index (Phi) is 6.10. The van der Waals surface area contributed by atoms with E-state index in [1.165, 1.54) is 19.3 Å². The molecule has 1 aromatic rings. The number of benzene rings is 1. The van der Waals surface area contributed by atoms with Crippen LogP contribution in [-0.2, 0) is 16.1 Å². The Hall–Kier alpha value is -2.96. The van der Waals surface area contributed by atoms with Crippen molar-refractivity contribution in [2.75, 3.05) is 13.8 Å². The molecular formula is C21H20F3N3O3. The van der Waals surface area contributed by atoms with Gasteiger partial charge in [0.25, 0.3) is 0 Å². The van der Waals surface area contributed by atoms with E-state index in [2.05, 4.69) is 4.99 Å². The van der Waals surface area contributed by atoms with Gasteiger partial charge in [0, 0.05) is 19.2 Å². The van der Waals surface area contributed by atoms with Gasteiger partial charge in [0.05, 0.1) is 13.8 Å². The molecule has 3 unspecified atom stereocenters. The van der Waals surface area contributed by atoms with E-state index in [1.807, 2.05) is 6.07 Å². The average molecular weight is 419 g/mol. The second kappa shape index (κ2) is 8.42. The van der Waals surface area contributed by atoms with Gasteiger partial charge in [-0.25, -0.2) is 0 Å². The maximum Gasteiger partial charge on any atom is 0.407 e. The van der Waals surface area contributed by atoms with Crippen LogP contribution in [0.25, 0.3) is 0 Å². The van der Waals surface area contributed by atoms with Gasteiger partial charge in [-0.2, -0.15) is 18.4 Å². The summed E-state index contributed by atoms with van der Waals surface area (Å²) in [6.45, 7) is -0.399. The highest BCUT2D eigenvalue weighted by molar-refractivity contribution is 5.92. The van der Waals surface area contributed by atoms with Crippen LogP contribution in [0.3, 0.4) is 0 Å². The van der Waals surface area contributed by atoms with Gasteiger partial charge in [0.1, 0.15) is 17.9 Å². The number of rotatable bonds is 6. The standard InChI is InChI=1S/C21H20F3N3O3/c1-29-17-7-5-16(6-8-17)11-27-15-26-13-20(14-28,18(27)21(22,23)24)30-19(12-25)9-3-2-4-10-19/h2-9,13-14,18H,10-11,15H2,1H3. The lowest BCUT2D eigenvalue weighted by Gasteiger charge is -2.46. The summed E-state index contributed by atoms with van der Waals surface area (Å²) >= 11 is 0. The summed E-state index contributed by atoms with van der Waals surface area (Å²) in [7, 11) is 1.49. The number of halogens is 3. The molecular weight excluding hydrogens is 399 g/mol. The van der Waals surface area contributed by atoms with Crippen molar-refractivity contribution in [2.45, 2.75) is 36.4 Å². The van der Waals surface area contributed by atoms with Gasteiger partial charge < -0.3 is 9.47 Å². The monoisotopic (exact) mass is 419 g/mol. The van der Waals surface area contributed by atoms with E-state index < -0.39 is 23.4 Å². The first-order valence-corrected chi connectivity index (χ1v) is 9.14. The molecule has 0 amide bonds. The highest BCUT2D eigenvalue weighted by Gasteiger charge is 2.60. The van der Waals surface area contributed by atoms with Crippen LogP contribution in [0.5, 0.6) is 5.75 Å². The van der Waals surface area contributed by atoms with Crippen LogP contribution in [-0.4, -0.2) is 54.6 Å². The predicted octanol–water partition coefficient (Wildman–Crippen LogP) is 3.20. The van der Waals surface area contributed by atoms with E-state index in [0.717, 1.165) is 11.1 Å². The molecule has 3 atom stereocenters. The number of methoxy groups -OCH3 is 1. The molecule has 30 heavy (non-hydrogen) atoms. The van der Waals surface area contributed by atoms with Crippen molar-refractivity contribution in [1.82, 2.24) is 4.90 Å². The van der Waals surface area contributed by atoms with Crippen LogP contribution in [0.15, 0.2) is 53.6 Å². The minimum atomic E-state index is -4.81. The molecule has 0 bridgehead atoms. The van der Waals surface area contributed by atoms with E-state index >= 15 is 0 Å². The van der Waals surface area contributed by atoms with E-state index in [4.69, 9.17) is 9.47 Å². The number of nitrogens with zero attached hydrogens (tertiary/aromatic N) is 3. The normalized spacial score (nSPS) is 28.8. The van der Waals surface area contributed by atoms with Crippen LogP contribution >= 0.6 is 0 Å². The summed E-state index contributed by atoms with van der Waals surface area (Å²) in [6.07, 6.45) is 2.26. The number of hydrogen-bond donors (Lipinski definition) is 0. The Morgan fingerprint density at radius 1 is 1.33 bits per heavy atom. The molecule has 2 aliphatic rings. The summed E-state index contributed by atoms with van der Waals surface area (Å²) < 4.78 is 53.3. The largest absolute Gasteiger partial charge is 0.497 e. The van der Waals surface area contributed by atoms with Gasteiger partial charge in [-0.1, -0.05) is 30.4 Å². The van der Waals surface area contributed by atoms with Crippen molar-refractivity contribution in [2.24, 2.45) is 4.99 Å². The number of alkyl halides is 3. The van der Waals surface area contributed by atoms with Gasteiger partial charge >= 0.3 is 6.18 Å². The smallest absolute Gasteiger partial charge is 0.407 e. The van der Waals surface area contributed by atoms with Crippen molar-refractivity contribution in [3.63, 3.8) is 0 Å².